The lowest BCUT2D eigenvalue weighted by Crippen LogP contribution is -2.33. The smallest absolute Gasteiger partial charge is 0.387 e. The molecule has 24 nitrogen and oxygen atoms in total. The lowest BCUT2D eigenvalue weighted by molar-refractivity contribution is -0.438. The average molecular weight is 1110 g/mol. The number of anilines is 2. The average Bonchev–Trinajstić information content (AvgIpc) is 3.93. The van der Waals surface area contributed by atoms with E-state index in [0.29, 0.717) is 36.8 Å². The molecule has 1 fully saturated rings. The molecule has 4 aromatic rings. The number of ether oxygens (including phenoxy) is 1. The van der Waals surface area contributed by atoms with Gasteiger partial charge in [-0.3, -0.25) is 13.9 Å². The van der Waals surface area contributed by atoms with Crippen LogP contribution in [0.25, 0.3) is 17.1 Å². The standard InChI is InChI=1S/C46H60N7O17P3S/c1-7-51-33-19-17-28(2)23-31(33)45(3,4)36(51)14-11-15-37-46(5,6)32-24-30(74(64,65)66)18-20-34(32)52(37)22-10-8-9-16-38(54)48-21-12-13-29-25-53(43-39(29)42(47)49-27-50-43)44-41(56)40(55)35(68-44)26-67-72(60,61)70-73(62,63)69-71(57,58)59/h11-15,17-20,23-25,27,35,40-41,44,55-56H,7-10,16,21-22,26H2,1-6H3,(H7-,47,48,49,50,54,57,58,59,60,61,62,63,64,65,66)/p+1. The van der Waals surface area contributed by atoms with Crippen LogP contribution in [-0.4, -0.2) is 118 Å². The van der Waals surface area contributed by atoms with Crippen LogP contribution in [-0.2, 0) is 57.3 Å². The third kappa shape index (κ3) is 12.4. The van der Waals surface area contributed by atoms with Crippen LogP contribution < -0.4 is 16.0 Å². The molecule has 1 amide bonds. The maximum atomic E-state index is 13.0. The molecule has 0 saturated carbocycles. The van der Waals surface area contributed by atoms with Gasteiger partial charge in [0, 0.05) is 72.2 Å². The van der Waals surface area contributed by atoms with Gasteiger partial charge in [0.05, 0.1) is 22.3 Å². The molecule has 3 aliphatic rings. The Morgan fingerprint density at radius 1 is 0.946 bits per heavy atom. The number of rotatable bonds is 21. The number of nitrogen functional groups attached to an aromatic ring is 1. The van der Waals surface area contributed by atoms with E-state index in [1.165, 1.54) is 39.7 Å². The summed E-state index contributed by atoms with van der Waals surface area (Å²) in [7, 11) is -21.5. The van der Waals surface area contributed by atoms with Crippen LogP contribution in [0.15, 0.2) is 83.8 Å². The summed E-state index contributed by atoms with van der Waals surface area (Å²) in [4.78, 5) is 60.2. The summed E-state index contributed by atoms with van der Waals surface area (Å²) >= 11 is 0. The van der Waals surface area contributed by atoms with E-state index in [1.807, 2.05) is 19.9 Å². The second-order valence-corrected chi connectivity index (χ2v) is 24.9. The van der Waals surface area contributed by atoms with Crippen LogP contribution in [0.2, 0.25) is 0 Å². The molecular weight excluding hydrogens is 1050 g/mol. The highest BCUT2D eigenvalue weighted by Crippen LogP contribution is 2.66. The summed E-state index contributed by atoms with van der Waals surface area (Å²) in [5.74, 6) is -0.171. The van der Waals surface area contributed by atoms with Crippen molar-refractivity contribution in [1.29, 1.82) is 0 Å². The Bertz CT molecular complexity index is 3230. The van der Waals surface area contributed by atoms with E-state index in [9.17, 15) is 51.5 Å². The summed E-state index contributed by atoms with van der Waals surface area (Å²) in [6, 6.07) is 11.2. The topological polar surface area (TPSA) is 356 Å². The first-order valence-electron chi connectivity index (χ1n) is 23.3. The number of likely N-dealkylation sites (N-methyl/N-ethyl adjacent to an activating group) is 1. The number of fused-ring (bicyclic) bond motifs is 3. The summed E-state index contributed by atoms with van der Waals surface area (Å²) in [5.41, 5.74) is 13.2. The van der Waals surface area contributed by atoms with E-state index >= 15 is 0 Å². The Balaban J connectivity index is 0.972. The molecule has 5 heterocycles. The highest BCUT2D eigenvalue weighted by atomic mass is 32.2. The second-order valence-electron chi connectivity index (χ2n) is 19.0. The number of phosphoric acid groups is 3. The van der Waals surface area contributed by atoms with E-state index in [4.69, 9.17) is 20.3 Å². The molecule has 402 valence electrons. The number of hydrogen-bond donors (Lipinski definition) is 9. The number of allylic oxidation sites excluding steroid dienone is 4. The van der Waals surface area contributed by atoms with Gasteiger partial charge in [0.15, 0.2) is 11.9 Å². The van der Waals surface area contributed by atoms with Crippen LogP contribution in [0.3, 0.4) is 0 Å². The lowest BCUT2D eigenvalue weighted by Gasteiger charge is -2.25. The van der Waals surface area contributed by atoms with Gasteiger partial charge in [0.25, 0.3) is 10.1 Å². The molecule has 74 heavy (non-hydrogen) atoms. The van der Waals surface area contributed by atoms with E-state index in [2.05, 4.69) is 96.0 Å². The highest BCUT2D eigenvalue weighted by molar-refractivity contribution is 7.85. The molecule has 6 atom stereocenters. The number of unbranched alkanes of at least 4 members (excludes halogenated alkanes) is 2. The quantitative estimate of drug-likeness (QED) is 0.0213. The van der Waals surface area contributed by atoms with Crippen molar-refractivity contribution in [3.63, 3.8) is 0 Å². The van der Waals surface area contributed by atoms with Crippen LogP contribution in [0.4, 0.5) is 17.2 Å². The summed E-state index contributed by atoms with van der Waals surface area (Å²) in [6.45, 7) is 13.1. The van der Waals surface area contributed by atoms with Gasteiger partial charge >= 0.3 is 23.5 Å². The number of nitrogens with two attached hydrogens (primary N) is 1. The van der Waals surface area contributed by atoms with E-state index in [0.717, 1.165) is 35.5 Å². The Morgan fingerprint density at radius 3 is 2.36 bits per heavy atom. The fourth-order valence-electron chi connectivity index (χ4n) is 9.62. The number of nitrogens with one attached hydrogen (secondary N) is 1. The molecule has 10 N–H and O–H groups in total. The molecule has 0 radical (unpaired) electrons. The van der Waals surface area contributed by atoms with Crippen molar-refractivity contribution < 1.29 is 83.7 Å². The minimum atomic E-state index is -5.81. The zero-order chi connectivity index (χ0) is 54.3. The van der Waals surface area contributed by atoms with Gasteiger partial charge in [-0.1, -0.05) is 49.8 Å². The predicted octanol–water partition coefficient (Wildman–Crippen LogP) is 5.56. The SMILES string of the molecule is CCN1C(=CC=CC2=[N+](CCCCCC(=O)NCC=Cc3cn(C4OC(COP(=O)(O)OP(=O)(O)OP(=O)(O)O)C(O)C4O)c4ncnc(N)c34)c3ccc(S(=O)(=O)O)cc3C2(C)C)C(C)(C)c2cc(C)ccc21. The highest BCUT2D eigenvalue weighted by Gasteiger charge is 2.48. The minimum Gasteiger partial charge on any atom is -0.387 e. The first-order chi connectivity index (χ1) is 34.5. The summed E-state index contributed by atoms with van der Waals surface area (Å²) < 4.78 is 90.5. The molecule has 2 aromatic carbocycles. The number of aliphatic hydroxyl groups excluding tert-OH is 2. The molecule has 0 bridgehead atoms. The van der Waals surface area contributed by atoms with Gasteiger partial charge in [0.1, 0.15) is 42.6 Å². The number of carbonyl (C=O) groups is 1. The number of hydrogen-bond acceptors (Lipinski definition) is 16. The number of aryl methyl sites for hydroxylation is 1. The molecule has 7 rings (SSSR count). The van der Waals surface area contributed by atoms with Crippen LogP contribution in [0, 0.1) is 6.92 Å². The predicted molar refractivity (Wildman–Crippen MR) is 272 cm³/mol. The first kappa shape index (κ1) is 56.9. The second kappa shape index (κ2) is 21.7. The minimum absolute atomic E-state index is 0.0365. The Morgan fingerprint density at radius 2 is 1.68 bits per heavy atom. The summed E-state index contributed by atoms with van der Waals surface area (Å²) in [6.07, 6.45) is 7.86. The monoisotopic (exact) mass is 1110 g/mol. The molecule has 1 saturated heterocycles. The van der Waals surface area contributed by atoms with Crippen molar-refractivity contribution in [2.75, 3.05) is 36.9 Å². The maximum absolute atomic E-state index is 13.0. The van der Waals surface area contributed by atoms with Gasteiger partial charge in [0.2, 0.25) is 11.6 Å². The number of carbonyl (C=O) groups excluding carboxylic acids is 1. The van der Waals surface area contributed by atoms with Crippen molar-refractivity contribution in [2.45, 2.75) is 107 Å². The summed E-state index contributed by atoms with van der Waals surface area (Å²) in [5, 5.41) is 24.8. The molecule has 2 aromatic heterocycles. The normalized spacial score (nSPS) is 22.8. The largest absolute Gasteiger partial charge is 0.490 e. The number of aliphatic hydroxyl groups is 2. The number of nitrogens with zero attached hydrogens (tertiary/aromatic N) is 5. The van der Waals surface area contributed by atoms with Gasteiger partial charge in [-0.15, -0.1) is 0 Å². The third-order valence-corrected chi connectivity index (χ3v) is 17.8. The Kier molecular flexibility index (Phi) is 16.7. The maximum Gasteiger partial charge on any atom is 0.490 e. The number of amides is 1. The molecule has 0 aliphatic carbocycles. The molecular formula is C46H61N7O17P3S+. The van der Waals surface area contributed by atoms with E-state index in [1.54, 1.807) is 18.2 Å². The Labute approximate surface area is 427 Å². The number of aromatic nitrogens is 3. The molecule has 28 heteroatoms. The van der Waals surface area contributed by atoms with Gasteiger partial charge in [-0.25, -0.2) is 23.7 Å². The molecule has 3 aliphatic heterocycles. The van der Waals surface area contributed by atoms with Crippen LogP contribution in [0.1, 0.15) is 88.8 Å². The first-order valence-corrected chi connectivity index (χ1v) is 29.3. The zero-order valence-corrected chi connectivity index (χ0v) is 44.7. The van der Waals surface area contributed by atoms with Crippen molar-refractivity contribution >= 4 is 79.5 Å². The van der Waals surface area contributed by atoms with Crippen molar-refractivity contribution in [3.05, 3.63) is 101 Å². The van der Waals surface area contributed by atoms with Crippen molar-refractivity contribution in [2.24, 2.45) is 0 Å². The van der Waals surface area contributed by atoms with Crippen molar-refractivity contribution in [3.8, 4) is 0 Å². The fourth-order valence-corrected chi connectivity index (χ4v) is 13.2. The van der Waals surface area contributed by atoms with Gasteiger partial charge in [-0.2, -0.15) is 21.6 Å². The Hall–Kier alpha value is -4.78. The molecule has 6 unspecified atom stereocenters. The van der Waals surface area contributed by atoms with Gasteiger partial charge in [-0.05, 0) is 70.4 Å². The van der Waals surface area contributed by atoms with Crippen LogP contribution >= 0.6 is 23.5 Å². The number of phosphoric ester groups is 1. The third-order valence-electron chi connectivity index (χ3n) is 13.1. The fraction of sp³-hybridized carbons (Fsp3) is 0.435. The lowest BCUT2D eigenvalue weighted by atomic mass is 9.81. The van der Waals surface area contributed by atoms with E-state index in [-0.39, 0.29) is 40.6 Å². The zero-order valence-electron chi connectivity index (χ0n) is 41.2. The molecule has 0 spiro atoms. The van der Waals surface area contributed by atoms with Gasteiger partial charge < -0.3 is 55.0 Å². The van der Waals surface area contributed by atoms with Crippen molar-refractivity contribution in [1.82, 2.24) is 19.9 Å². The van der Waals surface area contributed by atoms with Crippen LogP contribution in [0.5, 0.6) is 0 Å². The number of benzene rings is 2. The van der Waals surface area contributed by atoms with E-state index < -0.39 is 70.1 Å².